The van der Waals surface area contributed by atoms with Gasteiger partial charge in [-0.15, -0.1) is 0 Å². The molecule has 1 heterocycles. The van der Waals surface area contributed by atoms with Crippen molar-refractivity contribution in [3.63, 3.8) is 0 Å². The van der Waals surface area contributed by atoms with Crippen LogP contribution in [-0.2, 0) is 22.6 Å². The third kappa shape index (κ3) is 5.83. The summed E-state index contributed by atoms with van der Waals surface area (Å²) in [7, 11) is 1.63. The number of benzene rings is 2. The molecule has 1 aliphatic rings. The predicted octanol–water partition coefficient (Wildman–Crippen LogP) is 3.61. The third-order valence-corrected chi connectivity index (χ3v) is 5.77. The maximum atomic E-state index is 12.5. The van der Waals surface area contributed by atoms with Crippen LogP contribution in [0.1, 0.15) is 30.4 Å². The van der Waals surface area contributed by atoms with Crippen LogP contribution in [0.4, 0.5) is 4.79 Å². The van der Waals surface area contributed by atoms with Crippen LogP contribution in [0, 0.1) is 5.41 Å². The fourth-order valence-corrected chi connectivity index (χ4v) is 4.04. The van der Waals surface area contributed by atoms with Crippen LogP contribution in [0.5, 0.6) is 5.75 Å². The normalized spacial score (nSPS) is 15.5. The van der Waals surface area contributed by atoms with Gasteiger partial charge in [0, 0.05) is 19.5 Å². The highest BCUT2D eigenvalue weighted by molar-refractivity contribution is 5.80. The molecular formula is C24H29NO5. The van der Waals surface area contributed by atoms with Crippen molar-refractivity contribution in [3.8, 4) is 5.75 Å². The van der Waals surface area contributed by atoms with Crippen LogP contribution in [-0.4, -0.2) is 48.7 Å². The summed E-state index contributed by atoms with van der Waals surface area (Å²) in [4.78, 5) is 26.3. The predicted molar refractivity (Wildman–Crippen MR) is 113 cm³/mol. The summed E-state index contributed by atoms with van der Waals surface area (Å²) >= 11 is 0. The van der Waals surface area contributed by atoms with Crippen LogP contribution in [0.25, 0.3) is 0 Å². The molecule has 0 atom stereocenters. The monoisotopic (exact) mass is 411 g/mol. The van der Waals surface area contributed by atoms with E-state index in [4.69, 9.17) is 9.47 Å². The Bertz CT molecular complexity index is 826. The minimum Gasteiger partial charge on any atom is -0.497 e. The molecule has 1 amide bonds. The molecule has 2 aromatic rings. The molecule has 30 heavy (non-hydrogen) atoms. The molecule has 0 bridgehead atoms. The largest absolute Gasteiger partial charge is 0.497 e. The first-order valence-electron chi connectivity index (χ1n) is 10.2. The molecule has 6 heteroatoms. The van der Waals surface area contributed by atoms with E-state index in [0.29, 0.717) is 32.4 Å². The summed E-state index contributed by atoms with van der Waals surface area (Å²) in [6.07, 6.45) is 2.07. The number of carbonyl (C=O) groups excluding carboxylic acids is 2. The Labute approximate surface area is 177 Å². The van der Waals surface area contributed by atoms with E-state index in [-0.39, 0.29) is 23.9 Å². The molecule has 1 fully saturated rings. The molecule has 0 spiro atoms. The SMILES string of the molecule is COc1ccc(CC2(CC(=O)CO)CCN(C(=O)OCc3ccccc3)CC2)cc1. The smallest absolute Gasteiger partial charge is 0.410 e. The summed E-state index contributed by atoms with van der Waals surface area (Å²) in [5.74, 6) is 0.624. The quantitative estimate of drug-likeness (QED) is 0.718. The van der Waals surface area contributed by atoms with E-state index in [2.05, 4.69) is 0 Å². The number of carbonyl (C=O) groups is 2. The molecule has 0 aliphatic carbocycles. The number of amides is 1. The van der Waals surface area contributed by atoms with E-state index in [0.717, 1.165) is 23.3 Å². The number of ketones is 1. The average Bonchev–Trinajstić information content (AvgIpc) is 2.79. The van der Waals surface area contributed by atoms with Gasteiger partial charge in [0.25, 0.3) is 0 Å². The minimum atomic E-state index is -0.451. The van der Waals surface area contributed by atoms with E-state index in [1.165, 1.54) is 0 Å². The van der Waals surface area contributed by atoms with Crippen molar-refractivity contribution in [1.82, 2.24) is 4.90 Å². The minimum absolute atomic E-state index is 0.163. The Morgan fingerprint density at radius 2 is 1.67 bits per heavy atom. The first-order chi connectivity index (χ1) is 14.5. The number of rotatable bonds is 8. The zero-order valence-electron chi connectivity index (χ0n) is 17.4. The van der Waals surface area contributed by atoms with Crippen LogP contribution >= 0.6 is 0 Å². The van der Waals surface area contributed by atoms with Gasteiger partial charge in [-0.1, -0.05) is 42.5 Å². The fourth-order valence-electron chi connectivity index (χ4n) is 4.04. The topological polar surface area (TPSA) is 76.1 Å². The zero-order chi connectivity index (χ0) is 21.4. The second kappa shape index (κ2) is 10.3. The van der Waals surface area contributed by atoms with E-state index in [1.807, 2.05) is 54.6 Å². The second-order valence-electron chi connectivity index (χ2n) is 7.93. The molecular weight excluding hydrogens is 382 g/mol. The number of piperidine rings is 1. The van der Waals surface area contributed by atoms with Gasteiger partial charge >= 0.3 is 6.09 Å². The molecule has 1 aliphatic heterocycles. The Morgan fingerprint density at radius 1 is 1.00 bits per heavy atom. The molecule has 0 radical (unpaired) electrons. The van der Waals surface area contributed by atoms with Gasteiger partial charge in [0.05, 0.1) is 7.11 Å². The number of Topliss-reactive ketones (excluding diaryl/α,β-unsaturated/α-hetero) is 1. The van der Waals surface area contributed by atoms with E-state index >= 15 is 0 Å². The summed E-state index contributed by atoms with van der Waals surface area (Å²) in [6.45, 7) is 0.855. The van der Waals surface area contributed by atoms with Crippen molar-refractivity contribution in [2.45, 2.75) is 32.3 Å². The van der Waals surface area contributed by atoms with Gasteiger partial charge in [-0.05, 0) is 47.9 Å². The van der Waals surface area contributed by atoms with Gasteiger partial charge in [0.1, 0.15) is 19.0 Å². The number of aliphatic hydroxyl groups excluding tert-OH is 1. The van der Waals surface area contributed by atoms with Crippen LogP contribution < -0.4 is 4.74 Å². The number of aliphatic hydroxyl groups is 1. The number of ether oxygens (including phenoxy) is 2. The summed E-state index contributed by atoms with van der Waals surface area (Å²) in [5, 5.41) is 9.28. The first kappa shape index (κ1) is 21.8. The number of nitrogens with zero attached hydrogens (tertiary/aromatic N) is 1. The lowest BCUT2D eigenvalue weighted by atomic mass is 9.70. The van der Waals surface area contributed by atoms with Gasteiger partial charge in [0.2, 0.25) is 0 Å². The van der Waals surface area contributed by atoms with Gasteiger partial charge in [-0.3, -0.25) is 4.79 Å². The molecule has 0 aromatic heterocycles. The summed E-state index contributed by atoms with van der Waals surface area (Å²) in [6, 6.07) is 17.4. The molecule has 3 rings (SSSR count). The second-order valence-corrected chi connectivity index (χ2v) is 7.93. The van der Waals surface area contributed by atoms with Crippen molar-refractivity contribution in [3.05, 3.63) is 65.7 Å². The highest BCUT2D eigenvalue weighted by Gasteiger charge is 2.38. The van der Waals surface area contributed by atoms with E-state index in [9.17, 15) is 14.7 Å². The van der Waals surface area contributed by atoms with Crippen molar-refractivity contribution < 1.29 is 24.2 Å². The van der Waals surface area contributed by atoms with Crippen LogP contribution in [0.2, 0.25) is 0 Å². The summed E-state index contributed by atoms with van der Waals surface area (Å²) < 4.78 is 10.7. The van der Waals surface area contributed by atoms with Crippen LogP contribution in [0.15, 0.2) is 54.6 Å². The maximum Gasteiger partial charge on any atom is 0.410 e. The third-order valence-electron chi connectivity index (χ3n) is 5.77. The first-order valence-corrected chi connectivity index (χ1v) is 10.2. The highest BCUT2D eigenvalue weighted by Crippen LogP contribution is 2.39. The van der Waals surface area contributed by atoms with Crippen molar-refractivity contribution in [2.24, 2.45) is 5.41 Å². The Kier molecular flexibility index (Phi) is 7.46. The molecule has 0 unspecified atom stereocenters. The van der Waals surface area contributed by atoms with Crippen molar-refractivity contribution in [2.75, 3.05) is 26.8 Å². The van der Waals surface area contributed by atoms with Crippen LogP contribution in [0.3, 0.4) is 0 Å². The highest BCUT2D eigenvalue weighted by atomic mass is 16.6. The molecule has 6 nitrogen and oxygen atoms in total. The maximum absolute atomic E-state index is 12.5. The average molecular weight is 411 g/mol. The number of methoxy groups -OCH3 is 1. The molecule has 1 N–H and O–H groups in total. The molecule has 160 valence electrons. The number of hydrogen-bond acceptors (Lipinski definition) is 5. The molecule has 0 saturated carbocycles. The standard InChI is InChI=1S/C24H29NO5/c1-29-22-9-7-19(8-10-22)15-24(16-21(27)17-26)11-13-25(14-12-24)23(28)30-18-20-5-3-2-4-6-20/h2-10,26H,11-18H2,1H3. The molecule has 2 aromatic carbocycles. The zero-order valence-corrected chi connectivity index (χ0v) is 17.4. The van der Waals surface area contributed by atoms with Gasteiger partial charge < -0.3 is 19.5 Å². The molecule has 1 saturated heterocycles. The van der Waals surface area contributed by atoms with Gasteiger partial charge in [-0.2, -0.15) is 0 Å². The van der Waals surface area contributed by atoms with Gasteiger partial charge in [-0.25, -0.2) is 4.79 Å². The Balaban J connectivity index is 1.61. The fraction of sp³-hybridized carbons (Fsp3) is 0.417. The lowest BCUT2D eigenvalue weighted by molar-refractivity contribution is -0.124. The summed E-state index contributed by atoms with van der Waals surface area (Å²) in [5.41, 5.74) is 1.79. The van der Waals surface area contributed by atoms with E-state index < -0.39 is 6.61 Å². The number of hydrogen-bond donors (Lipinski definition) is 1. The number of likely N-dealkylation sites (tertiary alicyclic amines) is 1. The lowest BCUT2D eigenvalue weighted by Gasteiger charge is -2.41. The van der Waals surface area contributed by atoms with Crippen molar-refractivity contribution >= 4 is 11.9 Å². The van der Waals surface area contributed by atoms with Crippen molar-refractivity contribution in [1.29, 1.82) is 0 Å². The van der Waals surface area contributed by atoms with Gasteiger partial charge in [0.15, 0.2) is 5.78 Å². The Hall–Kier alpha value is -2.86. The lowest BCUT2D eigenvalue weighted by Crippen LogP contribution is -2.45. The van der Waals surface area contributed by atoms with E-state index in [1.54, 1.807) is 12.0 Å². The Morgan fingerprint density at radius 3 is 2.27 bits per heavy atom.